The number of fused-ring (bicyclic) bond motifs is 2. The Labute approximate surface area is 120 Å². The molecule has 2 aliphatic rings. The summed E-state index contributed by atoms with van der Waals surface area (Å²) >= 11 is 0. The molecule has 2 fully saturated rings. The number of amides is 1. The first-order valence-electron chi connectivity index (χ1n) is 7.50. The summed E-state index contributed by atoms with van der Waals surface area (Å²) in [6, 6.07) is 9.68. The van der Waals surface area contributed by atoms with Crippen molar-refractivity contribution in [3.8, 4) is 6.07 Å². The lowest BCUT2D eigenvalue weighted by atomic mass is 9.86. The highest BCUT2D eigenvalue weighted by Gasteiger charge is 2.40. The average molecular weight is 268 g/mol. The third-order valence-electron chi connectivity index (χ3n) is 4.85. The minimum atomic E-state index is 0.135. The maximum absolute atomic E-state index is 12.1. The Morgan fingerprint density at radius 2 is 2.05 bits per heavy atom. The second-order valence-corrected chi connectivity index (χ2v) is 6.22. The van der Waals surface area contributed by atoms with Crippen LogP contribution in [0.3, 0.4) is 0 Å². The molecule has 104 valence electrons. The molecule has 3 rings (SSSR count). The van der Waals surface area contributed by atoms with E-state index in [1.807, 2.05) is 24.3 Å². The number of hydrogen-bond donors (Lipinski definition) is 1. The third kappa shape index (κ3) is 2.85. The van der Waals surface area contributed by atoms with Crippen molar-refractivity contribution >= 4 is 11.6 Å². The van der Waals surface area contributed by atoms with Crippen molar-refractivity contribution in [2.75, 3.05) is 5.32 Å². The van der Waals surface area contributed by atoms with Crippen molar-refractivity contribution < 1.29 is 4.79 Å². The number of carbonyl (C=O) groups excluding carboxylic acids is 1. The maximum atomic E-state index is 12.1. The van der Waals surface area contributed by atoms with Crippen LogP contribution in [-0.2, 0) is 11.2 Å². The lowest BCUT2D eigenvalue weighted by Crippen LogP contribution is -2.20. The molecule has 0 spiro atoms. The zero-order valence-electron chi connectivity index (χ0n) is 11.6. The largest absolute Gasteiger partial charge is 0.326 e. The Balaban J connectivity index is 1.52. The number of nitriles is 1. The number of nitrogens with one attached hydrogen (secondary N) is 1. The molecule has 2 aliphatic carbocycles. The summed E-state index contributed by atoms with van der Waals surface area (Å²) in [5.74, 6) is 2.43. The highest BCUT2D eigenvalue weighted by atomic mass is 16.1. The van der Waals surface area contributed by atoms with Crippen molar-refractivity contribution in [3.63, 3.8) is 0 Å². The molecular weight excluding hydrogens is 248 g/mol. The van der Waals surface area contributed by atoms with Crippen LogP contribution in [-0.4, -0.2) is 5.91 Å². The second kappa shape index (κ2) is 5.66. The van der Waals surface area contributed by atoms with Gasteiger partial charge in [-0.1, -0.05) is 18.6 Å². The van der Waals surface area contributed by atoms with E-state index in [1.165, 1.54) is 25.7 Å². The molecule has 3 nitrogen and oxygen atoms in total. The summed E-state index contributed by atoms with van der Waals surface area (Å²) in [7, 11) is 0. The molecule has 0 radical (unpaired) electrons. The van der Waals surface area contributed by atoms with Gasteiger partial charge in [-0.25, -0.2) is 0 Å². The van der Waals surface area contributed by atoms with E-state index in [-0.39, 0.29) is 5.91 Å². The summed E-state index contributed by atoms with van der Waals surface area (Å²) in [6.07, 6.45) is 6.38. The van der Waals surface area contributed by atoms with Gasteiger partial charge in [-0.2, -0.15) is 5.26 Å². The molecule has 0 aromatic heterocycles. The summed E-state index contributed by atoms with van der Waals surface area (Å²) < 4.78 is 0. The molecule has 1 amide bonds. The van der Waals surface area contributed by atoms with Gasteiger partial charge in [0.25, 0.3) is 0 Å². The van der Waals surface area contributed by atoms with Gasteiger partial charge in [0.05, 0.1) is 12.5 Å². The number of carbonyl (C=O) groups is 1. The lowest BCUT2D eigenvalue weighted by Gasteiger charge is -2.20. The third-order valence-corrected chi connectivity index (χ3v) is 4.85. The minimum Gasteiger partial charge on any atom is -0.326 e. The number of hydrogen-bond acceptors (Lipinski definition) is 2. The number of anilines is 1. The van der Waals surface area contributed by atoms with Crippen LogP contribution in [0.4, 0.5) is 5.69 Å². The van der Waals surface area contributed by atoms with E-state index < -0.39 is 0 Å². The van der Waals surface area contributed by atoms with Gasteiger partial charge in [0.1, 0.15) is 0 Å². The standard InChI is InChI=1S/C17H20N2O/c18-8-7-12-2-5-16(6-3-12)19-17(20)11-15-10-13-1-4-14(15)9-13/h2-3,5-6,13-15H,1,4,7,9-11H2,(H,19,20)/t13-,14-,15+/m0/s1. The summed E-state index contributed by atoms with van der Waals surface area (Å²) in [5.41, 5.74) is 1.82. The van der Waals surface area contributed by atoms with Gasteiger partial charge in [-0.05, 0) is 54.7 Å². The van der Waals surface area contributed by atoms with Crippen molar-refractivity contribution in [2.45, 2.75) is 38.5 Å². The Morgan fingerprint density at radius 3 is 2.65 bits per heavy atom. The highest BCUT2D eigenvalue weighted by molar-refractivity contribution is 5.90. The normalized spacial score (nSPS) is 27.2. The van der Waals surface area contributed by atoms with E-state index >= 15 is 0 Å². The predicted octanol–water partition coefficient (Wildman–Crippen LogP) is 3.52. The number of benzene rings is 1. The summed E-state index contributed by atoms with van der Waals surface area (Å²) in [6.45, 7) is 0. The molecule has 1 aromatic rings. The van der Waals surface area contributed by atoms with E-state index in [0.29, 0.717) is 18.8 Å². The predicted molar refractivity (Wildman–Crippen MR) is 77.9 cm³/mol. The van der Waals surface area contributed by atoms with Gasteiger partial charge in [-0.3, -0.25) is 4.79 Å². The van der Waals surface area contributed by atoms with Crippen molar-refractivity contribution in [3.05, 3.63) is 29.8 Å². The van der Waals surface area contributed by atoms with Crippen LogP contribution >= 0.6 is 0 Å². The van der Waals surface area contributed by atoms with Crippen LogP contribution in [0, 0.1) is 29.1 Å². The average Bonchev–Trinajstić information content (AvgIpc) is 3.03. The molecule has 2 saturated carbocycles. The van der Waals surface area contributed by atoms with Crippen LogP contribution in [0.25, 0.3) is 0 Å². The molecule has 0 unspecified atom stereocenters. The van der Waals surface area contributed by atoms with Crippen LogP contribution in [0.1, 0.15) is 37.7 Å². The Hall–Kier alpha value is -1.82. The first kappa shape index (κ1) is 13.2. The summed E-state index contributed by atoms with van der Waals surface area (Å²) in [5, 5.41) is 11.6. The molecule has 3 atom stereocenters. The van der Waals surface area contributed by atoms with Gasteiger partial charge in [0.2, 0.25) is 5.91 Å². The maximum Gasteiger partial charge on any atom is 0.224 e. The van der Waals surface area contributed by atoms with E-state index in [4.69, 9.17) is 5.26 Å². The van der Waals surface area contributed by atoms with Crippen LogP contribution in [0.5, 0.6) is 0 Å². The zero-order valence-corrected chi connectivity index (χ0v) is 11.6. The molecule has 1 N–H and O–H groups in total. The fraction of sp³-hybridized carbons (Fsp3) is 0.529. The van der Waals surface area contributed by atoms with E-state index in [1.54, 1.807) is 0 Å². The van der Waals surface area contributed by atoms with Crippen LogP contribution in [0.15, 0.2) is 24.3 Å². The SMILES string of the molecule is N#CCc1ccc(NC(=O)C[C@H]2C[C@H]3CC[C@H]2C3)cc1. The Kier molecular flexibility index (Phi) is 3.73. The van der Waals surface area contributed by atoms with E-state index in [0.717, 1.165) is 23.1 Å². The summed E-state index contributed by atoms with van der Waals surface area (Å²) in [4.78, 5) is 12.1. The molecule has 1 aromatic carbocycles. The van der Waals surface area contributed by atoms with Crippen molar-refractivity contribution in [1.82, 2.24) is 0 Å². The lowest BCUT2D eigenvalue weighted by molar-refractivity contribution is -0.117. The van der Waals surface area contributed by atoms with Gasteiger partial charge < -0.3 is 5.32 Å². The van der Waals surface area contributed by atoms with E-state index in [9.17, 15) is 4.79 Å². The van der Waals surface area contributed by atoms with Gasteiger partial charge in [0.15, 0.2) is 0 Å². The molecular formula is C17H20N2O. The quantitative estimate of drug-likeness (QED) is 0.908. The van der Waals surface area contributed by atoms with Crippen molar-refractivity contribution in [1.29, 1.82) is 5.26 Å². The number of nitrogens with zero attached hydrogens (tertiary/aromatic N) is 1. The highest BCUT2D eigenvalue weighted by Crippen LogP contribution is 2.49. The first-order valence-corrected chi connectivity index (χ1v) is 7.50. The zero-order chi connectivity index (χ0) is 13.9. The number of rotatable bonds is 4. The topological polar surface area (TPSA) is 52.9 Å². The molecule has 0 saturated heterocycles. The van der Waals surface area contributed by atoms with Gasteiger partial charge in [0, 0.05) is 12.1 Å². The van der Waals surface area contributed by atoms with Crippen molar-refractivity contribution in [2.24, 2.45) is 17.8 Å². The molecule has 3 heteroatoms. The second-order valence-electron chi connectivity index (χ2n) is 6.22. The Morgan fingerprint density at radius 1 is 1.25 bits per heavy atom. The molecule has 0 heterocycles. The fourth-order valence-corrected chi connectivity index (χ4v) is 3.87. The smallest absolute Gasteiger partial charge is 0.224 e. The van der Waals surface area contributed by atoms with E-state index in [2.05, 4.69) is 11.4 Å². The monoisotopic (exact) mass is 268 g/mol. The van der Waals surface area contributed by atoms with Crippen LogP contribution in [0.2, 0.25) is 0 Å². The molecule has 20 heavy (non-hydrogen) atoms. The molecule has 2 bridgehead atoms. The van der Waals surface area contributed by atoms with Crippen LogP contribution < -0.4 is 5.32 Å². The van der Waals surface area contributed by atoms with Gasteiger partial charge >= 0.3 is 0 Å². The first-order chi connectivity index (χ1) is 9.74. The molecule has 0 aliphatic heterocycles. The Bertz CT molecular complexity index is 529. The minimum absolute atomic E-state index is 0.135. The fourth-order valence-electron chi connectivity index (χ4n) is 3.87. The van der Waals surface area contributed by atoms with Gasteiger partial charge in [-0.15, -0.1) is 0 Å².